The zero-order valence-electron chi connectivity index (χ0n) is 14.8. The largest absolute Gasteiger partial charge is 0.493 e. The Morgan fingerprint density at radius 1 is 1.36 bits per heavy atom. The summed E-state index contributed by atoms with van der Waals surface area (Å²) in [6, 6.07) is 5.38. The average molecular weight is 367 g/mol. The molecule has 138 valence electrons. The Balaban J connectivity index is 1.50. The lowest BCUT2D eigenvalue weighted by atomic mass is 10.0. The Morgan fingerprint density at radius 2 is 2.16 bits per heavy atom. The van der Waals surface area contributed by atoms with Crippen molar-refractivity contribution >= 4 is 17.5 Å². The minimum Gasteiger partial charge on any atom is -0.493 e. The van der Waals surface area contributed by atoms with Crippen LogP contribution >= 0.6 is 11.6 Å². The van der Waals surface area contributed by atoms with Gasteiger partial charge in [0.2, 0.25) is 0 Å². The van der Waals surface area contributed by atoms with Crippen molar-refractivity contribution in [2.45, 2.75) is 32.2 Å². The van der Waals surface area contributed by atoms with Crippen LogP contribution in [0.25, 0.3) is 0 Å². The van der Waals surface area contributed by atoms with Crippen LogP contribution in [0, 0.1) is 5.92 Å². The standard InChI is InChI=1S/C19H27ClN2O3/c1-2-25-18-11-15(20)3-4-17(18)19(23)21-16-5-8-22(9-6-16)12-14-7-10-24-13-14/h3-4,11,14,16H,2,5-10,12-13H2,1H3,(H,21,23). The summed E-state index contributed by atoms with van der Waals surface area (Å²) in [5.41, 5.74) is 0.553. The fraction of sp³-hybridized carbons (Fsp3) is 0.632. The molecule has 25 heavy (non-hydrogen) atoms. The number of carbonyl (C=O) groups is 1. The quantitative estimate of drug-likeness (QED) is 0.841. The third-order valence-electron chi connectivity index (χ3n) is 4.95. The van der Waals surface area contributed by atoms with Crippen molar-refractivity contribution in [3.63, 3.8) is 0 Å². The van der Waals surface area contributed by atoms with Crippen molar-refractivity contribution in [2.75, 3.05) is 39.5 Å². The number of halogens is 1. The number of hydrogen-bond acceptors (Lipinski definition) is 4. The fourth-order valence-corrected chi connectivity index (χ4v) is 3.74. The van der Waals surface area contributed by atoms with Gasteiger partial charge in [-0.25, -0.2) is 0 Å². The average Bonchev–Trinajstić information content (AvgIpc) is 3.10. The molecule has 0 spiro atoms. The first kappa shape index (κ1) is 18.5. The van der Waals surface area contributed by atoms with Gasteiger partial charge < -0.3 is 19.7 Å². The van der Waals surface area contributed by atoms with E-state index in [0.717, 1.165) is 45.7 Å². The van der Waals surface area contributed by atoms with Crippen LogP contribution in [-0.2, 0) is 4.74 Å². The normalized spacial score (nSPS) is 22.1. The Morgan fingerprint density at radius 3 is 2.84 bits per heavy atom. The monoisotopic (exact) mass is 366 g/mol. The van der Waals surface area contributed by atoms with Crippen LogP contribution < -0.4 is 10.1 Å². The molecule has 1 aromatic rings. The summed E-state index contributed by atoms with van der Waals surface area (Å²) in [6.07, 6.45) is 3.14. The second-order valence-corrected chi connectivity index (χ2v) is 7.29. The molecule has 1 amide bonds. The number of nitrogens with one attached hydrogen (secondary N) is 1. The zero-order chi connectivity index (χ0) is 17.6. The van der Waals surface area contributed by atoms with Gasteiger partial charge in [-0.3, -0.25) is 4.79 Å². The van der Waals surface area contributed by atoms with Crippen molar-refractivity contribution in [3.05, 3.63) is 28.8 Å². The topological polar surface area (TPSA) is 50.8 Å². The number of nitrogens with zero attached hydrogens (tertiary/aromatic N) is 1. The molecule has 2 fully saturated rings. The highest BCUT2D eigenvalue weighted by Crippen LogP contribution is 2.24. The Kier molecular flexibility index (Phi) is 6.57. The highest BCUT2D eigenvalue weighted by Gasteiger charge is 2.25. The van der Waals surface area contributed by atoms with Gasteiger partial charge in [0.15, 0.2) is 0 Å². The third-order valence-corrected chi connectivity index (χ3v) is 5.19. The number of rotatable bonds is 6. The van der Waals surface area contributed by atoms with E-state index >= 15 is 0 Å². The first-order chi connectivity index (χ1) is 12.2. The Bertz CT molecular complexity index is 582. The van der Waals surface area contributed by atoms with Crippen LogP contribution in [0.5, 0.6) is 5.75 Å². The first-order valence-electron chi connectivity index (χ1n) is 9.19. The number of amides is 1. The van der Waals surface area contributed by atoms with Crippen LogP contribution in [0.2, 0.25) is 5.02 Å². The molecular formula is C19H27ClN2O3. The number of piperidine rings is 1. The molecule has 6 heteroatoms. The highest BCUT2D eigenvalue weighted by atomic mass is 35.5. The predicted molar refractivity (Wildman–Crippen MR) is 98.5 cm³/mol. The van der Waals surface area contributed by atoms with E-state index in [1.165, 1.54) is 6.42 Å². The molecule has 0 bridgehead atoms. The zero-order valence-corrected chi connectivity index (χ0v) is 15.6. The summed E-state index contributed by atoms with van der Waals surface area (Å²) < 4.78 is 11.0. The van der Waals surface area contributed by atoms with Gasteiger partial charge in [0, 0.05) is 37.3 Å². The van der Waals surface area contributed by atoms with Gasteiger partial charge in [0.25, 0.3) is 5.91 Å². The summed E-state index contributed by atoms with van der Waals surface area (Å²) in [5, 5.41) is 3.73. The Labute approximate surface area is 154 Å². The van der Waals surface area contributed by atoms with Gasteiger partial charge in [-0.1, -0.05) is 11.6 Å². The summed E-state index contributed by atoms with van der Waals surface area (Å²) in [4.78, 5) is 15.1. The maximum atomic E-state index is 12.6. The van der Waals surface area contributed by atoms with Crippen molar-refractivity contribution in [1.29, 1.82) is 0 Å². The lowest BCUT2D eigenvalue weighted by molar-refractivity contribution is 0.0899. The number of benzene rings is 1. The molecule has 0 aromatic heterocycles. The van der Waals surface area contributed by atoms with Crippen LogP contribution in [0.4, 0.5) is 0 Å². The van der Waals surface area contributed by atoms with Crippen LogP contribution in [0.1, 0.15) is 36.5 Å². The van der Waals surface area contributed by atoms with Crippen molar-refractivity contribution in [3.8, 4) is 5.75 Å². The highest BCUT2D eigenvalue weighted by molar-refractivity contribution is 6.30. The van der Waals surface area contributed by atoms with E-state index in [2.05, 4.69) is 10.2 Å². The van der Waals surface area contributed by atoms with E-state index in [1.54, 1.807) is 18.2 Å². The lowest BCUT2D eigenvalue weighted by Crippen LogP contribution is -2.45. The maximum absolute atomic E-state index is 12.6. The minimum atomic E-state index is -0.0808. The molecule has 5 nitrogen and oxygen atoms in total. The van der Waals surface area contributed by atoms with Crippen molar-refractivity contribution in [1.82, 2.24) is 10.2 Å². The molecular weight excluding hydrogens is 340 g/mol. The van der Waals surface area contributed by atoms with E-state index in [0.29, 0.717) is 28.9 Å². The van der Waals surface area contributed by atoms with Crippen LogP contribution in [0.15, 0.2) is 18.2 Å². The molecule has 1 N–H and O–H groups in total. The van der Waals surface area contributed by atoms with Gasteiger partial charge in [-0.2, -0.15) is 0 Å². The minimum absolute atomic E-state index is 0.0808. The van der Waals surface area contributed by atoms with E-state index in [4.69, 9.17) is 21.1 Å². The number of carbonyl (C=O) groups excluding carboxylic acids is 1. The Hall–Kier alpha value is -1.30. The molecule has 3 rings (SSSR count). The number of likely N-dealkylation sites (tertiary alicyclic amines) is 1. The second kappa shape index (κ2) is 8.88. The summed E-state index contributed by atoms with van der Waals surface area (Å²) in [7, 11) is 0. The van der Waals surface area contributed by atoms with Gasteiger partial charge >= 0.3 is 0 Å². The SMILES string of the molecule is CCOc1cc(Cl)ccc1C(=O)NC1CCN(CC2CCOC2)CC1. The smallest absolute Gasteiger partial charge is 0.255 e. The second-order valence-electron chi connectivity index (χ2n) is 6.85. The fourth-order valence-electron chi connectivity index (χ4n) is 3.57. The third kappa shape index (κ3) is 5.09. The number of hydrogen-bond donors (Lipinski definition) is 1. The van der Waals surface area contributed by atoms with E-state index in [-0.39, 0.29) is 11.9 Å². The first-order valence-corrected chi connectivity index (χ1v) is 9.56. The van der Waals surface area contributed by atoms with Gasteiger partial charge in [0.05, 0.1) is 18.8 Å². The van der Waals surface area contributed by atoms with Crippen molar-refractivity contribution < 1.29 is 14.3 Å². The van der Waals surface area contributed by atoms with Crippen LogP contribution in [-0.4, -0.2) is 56.3 Å². The molecule has 0 aliphatic carbocycles. The van der Waals surface area contributed by atoms with Crippen LogP contribution in [0.3, 0.4) is 0 Å². The molecule has 0 radical (unpaired) electrons. The summed E-state index contributed by atoms with van der Waals surface area (Å²) in [6.45, 7) is 7.37. The van der Waals surface area contributed by atoms with E-state index in [9.17, 15) is 4.79 Å². The molecule has 0 saturated carbocycles. The molecule has 2 heterocycles. The predicted octanol–water partition coefficient (Wildman–Crippen LogP) is 2.97. The molecule has 1 unspecified atom stereocenters. The molecule has 2 saturated heterocycles. The molecule has 2 aliphatic heterocycles. The van der Waals surface area contributed by atoms with E-state index < -0.39 is 0 Å². The summed E-state index contributed by atoms with van der Waals surface area (Å²) >= 11 is 6.01. The van der Waals surface area contributed by atoms with Crippen molar-refractivity contribution in [2.24, 2.45) is 5.92 Å². The number of ether oxygens (including phenoxy) is 2. The molecule has 2 aliphatic rings. The molecule has 1 atom stereocenters. The van der Waals surface area contributed by atoms with E-state index in [1.807, 2.05) is 6.92 Å². The van der Waals surface area contributed by atoms with Gasteiger partial charge in [0.1, 0.15) is 5.75 Å². The van der Waals surface area contributed by atoms with Gasteiger partial charge in [-0.15, -0.1) is 0 Å². The maximum Gasteiger partial charge on any atom is 0.255 e. The molecule has 1 aromatic carbocycles. The van der Waals surface area contributed by atoms with Gasteiger partial charge in [-0.05, 0) is 50.3 Å². The lowest BCUT2D eigenvalue weighted by Gasteiger charge is -2.33. The summed E-state index contributed by atoms with van der Waals surface area (Å²) in [5.74, 6) is 1.14.